The van der Waals surface area contributed by atoms with E-state index in [0.29, 0.717) is 0 Å². The number of aryl methyl sites for hydroxylation is 2. The third kappa shape index (κ3) is 2.48. The number of aromatic nitrogens is 1. The van der Waals surface area contributed by atoms with Crippen molar-refractivity contribution in [3.05, 3.63) is 78.0 Å². The van der Waals surface area contributed by atoms with E-state index in [1.807, 2.05) is 12.3 Å². The van der Waals surface area contributed by atoms with Crippen LogP contribution in [0.3, 0.4) is 0 Å². The van der Waals surface area contributed by atoms with Crippen LogP contribution in [-0.2, 0) is 0 Å². The van der Waals surface area contributed by atoms with Crippen LogP contribution in [0, 0.1) is 13.8 Å². The fourth-order valence-corrected chi connectivity index (χ4v) is 2.33. The molecule has 1 heterocycles. The number of rotatable bonds is 2. The minimum Gasteiger partial charge on any atom is -0.256 e. The summed E-state index contributed by atoms with van der Waals surface area (Å²) in [6, 6.07) is 21.1. The van der Waals surface area contributed by atoms with Gasteiger partial charge in [-0.05, 0) is 36.6 Å². The van der Waals surface area contributed by atoms with Crippen molar-refractivity contribution in [3.8, 4) is 22.4 Å². The van der Waals surface area contributed by atoms with Gasteiger partial charge in [0.25, 0.3) is 0 Å². The lowest BCUT2D eigenvalue weighted by Gasteiger charge is -2.09. The quantitative estimate of drug-likeness (QED) is 0.628. The maximum absolute atomic E-state index is 4.56. The van der Waals surface area contributed by atoms with Crippen LogP contribution in [0.2, 0.25) is 0 Å². The second kappa shape index (κ2) is 5.30. The first-order valence-electron chi connectivity index (χ1n) is 6.83. The second-order valence-electron chi connectivity index (χ2n) is 5.12. The standard InChI is InChI=1S/C19H17N/c1-14-8-10-17(11-9-14)19-12-18(15(2)13-20-19)16-6-4-3-5-7-16/h3-13H,1-2H3. The van der Waals surface area contributed by atoms with Gasteiger partial charge in [0.05, 0.1) is 5.69 Å². The predicted octanol–water partition coefficient (Wildman–Crippen LogP) is 5.03. The molecule has 0 spiro atoms. The average molecular weight is 259 g/mol. The Morgan fingerprint density at radius 3 is 2.15 bits per heavy atom. The number of nitrogens with zero attached hydrogens (tertiary/aromatic N) is 1. The van der Waals surface area contributed by atoms with E-state index in [2.05, 4.69) is 73.4 Å². The van der Waals surface area contributed by atoms with Crippen LogP contribution in [0.1, 0.15) is 11.1 Å². The van der Waals surface area contributed by atoms with Crippen molar-refractivity contribution in [2.75, 3.05) is 0 Å². The lowest BCUT2D eigenvalue weighted by molar-refractivity contribution is 1.27. The first kappa shape index (κ1) is 12.6. The van der Waals surface area contributed by atoms with Crippen LogP contribution in [0.5, 0.6) is 0 Å². The lowest BCUT2D eigenvalue weighted by Crippen LogP contribution is -1.89. The monoisotopic (exact) mass is 259 g/mol. The molecule has 1 aromatic heterocycles. The molecule has 0 aliphatic rings. The Kier molecular flexibility index (Phi) is 3.34. The summed E-state index contributed by atoms with van der Waals surface area (Å²) in [5, 5.41) is 0. The van der Waals surface area contributed by atoms with Crippen LogP contribution < -0.4 is 0 Å². The Labute approximate surface area is 119 Å². The van der Waals surface area contributed by atoms with E-state index in [1.54, 1.807) is 0 Å². The average Bonchev–Trinajstić information content (AvgIpc) is 2.50. The Morgan fingerprint density at radius 1 is 0.750 bits per heavy atom. The van der Waals surface area contributed by atoms with Gasteiger partial charge in [0.15, 0.2) is 0 Å². The summed E-state index contributed by atoms with van der Waals surface area (Å²) in [6.07, 6.45) is 1.96. The van der Waals surface area contributed by atoms with Crippen molar-refractivity contribution in [1.82, 2.24) is 4.98 Å². The minimum atomic E-state index is 1.02. The highest BCUT2D eigenvalue weighted by Crippen LogP contribution is 2.27. The molecule has 0 saturated carbocycles. The highest BCUT2D eigenvalue weighted by molar-refractivity contribution is 5.72. The molecule has 0 N–H and O–H groups in total. The zero-order chi connectivity index (χ0) is 13.9. The molecule has 3 rings (SSSR count). The number of hydrogen-bond donors (Lipinski definition) is 0. The summed E-state index contributed by atoms with van der Waals surface area (Å²) in [5.74, 6) is 0. The molecule has 0 atom stereocenters. The fourth-order valence-electron chi connectivity index (χ4n) is 2.33. The van der Waals surface area contributed by atoms with Gasteiger partial charge in [-0.3, -0.25) is 4.98 Å². The van der Waals surface area contributed by atoms with Gasteiger partial charge in [-0.2, -0.15) is 0 Å². The van der Waals surface area contributed by atoms with Gasteiger partial charge in [-0.1, -0.05) is 60.2 Å². The van der Waals surface area contributed by atoms with Crippen molar-refractivity contribution >= 4 is 0 Å². The smallest absolute Gasteiger partial charge is 0.0708 e. The summed E-state index contributed by atoms with van der Waals surface area (Å²) in [6.45, 7) is 4.20. The van der Waals surface area contributed by atoms with E-state index < -0.39 is 0 Å². The van der Waals surface area contributed by atoms with E-state index in [4.69, 9.17) is 0 Å². The molecular weight excluding hydrogens is 242 g/mol. The minimum absolute atomic E-state index is 1.02. The van der Waals surface area contributed by atoms with E-state index in [9.17, 15) is 0 Å². The predicted molar refractivity (Wildman–Crippen MR) is 84.6 cm³/mol. The summed E-state index contributed by atoms with van der Waals surface area (Å²) in [4.78, 5) is 4.56. The second-order valence-corrected chi connectivity index (χ2v) is 5.12. The molecule has 0 fully saturated rings. The Bertz CT molecular complexity index is 713. The third-order valence-corrected chi connectivity index (χ3v) is 3.54. The molecular formula is C19H17N. The van der Waals surface area contributed by atoms with E-state index >= 15 is 0 Å². The fraction of sp³-hybridized carbons (Fsp3) is 0.105. The topological polar surface area (TPSA) is 12.9 Å². The van der Waals surface area contributed by atoms with Crippen molar-refractivity contribution < 1.29 is 0 Å². The highest BCUT2D eigenvalue weighted by Gasteiger charge is 2.05. The van der Waals surface area contributed by atoms with Crippen LogP contribution >= 0.6 is 0 Å². The van der Waals surface area contributed by atoms with Gasteiger partial charge in [-0.25, -0.2) is 0 Å². The first-order chi connectivity index (χ1) is 9.74. The lowest BCUT2D eigenvalue weighted by atomic mass is 9.99. The zero-order valence-corrected chi connectivity index (χ0v) is 11.8. The number of hydrogen-bond acceptors (Lipinski definition) is 1. The van der Waals surface area contributed by atoms with Crippen molar-refractivity contribution in [3.63, 3.8) is 0 Å². The SMILES string of the molecule is Cc1ccc(-c2cc(-c3ccccc3)c(C)cn2)cc1. The molecule has 0 amide bonds. The van der Waals surface area contributed by atoms with Crippen LogP contribution in [-0.4, -0.2) is 4.98 Å². The van der Waals surface area contributed by atoms with Crippen LogP contribution in [0.4, 0.5) is 0 Å². The molecule has 98 valence electrons. The molecule has 3 aromatic rings. The van der Waals surface area contributed by atoms with Gasteiger partial charge >= 0.3 is 0 Å². The normalized spacial score (nSPS) is 10.5. The number of pyridine rings is 1. The van der Waals surface area contributed by atoms with E-state index in [1.165, 1.54) is 22.3 Å². The molecule has 0 saturated heterocycles. The van der Waals surface area contributed by atoms with E-state index in [0.717, 1.165) is 11.3 Å². The molecule has 0 aliphatic heterocycles. The van der Waals surface area contributed by atoms with Crippen LogP contribution in [0.25, 0.3) is 22.4 Å². The first-order valence-corrected chi connectivity index (χ1v) is 6.83. The summed E-state index contributed by atoms with van der Waals surface area (Å²) in [5.41, 5.74) is 7.13. The van der Waals surface area contributed by atoms with Crippen molar-refractivity contribution in [2.24, 2.45) is 0 Å². The van der Waals surface area contributed by atoms with Crippen LogP contribution in [0.15, 0.2) is 66.9 Å². The van der Waals surface area contributed by atoms with Gasteiger partial charge in [0, 0.05) is 11.8 Å². The molecule has 0 bridgehead atoms. The maximum Gasteiger partial charge on any atom is 0.0708 e. The largest absolute Gasteiger partial charge is 0.256 e. The van der Waals surface area contributed by atoms with Crippen molar-refractivity contribution in [1.29, 1.82) is 0 Å². The highest BCUT2D eigenvalue weighted by atomic mass is 14.7. The molecule has 1 heteroatoms. The molecule has 0 aliphatic carbocycles. The molecule has 0 unspecified atom stereocenters. The third-order valence-electron chi connectivity index (χ3n) is 3.54. The van der Waals surface area contributed by atoms with Gasteiger partial charge in [-0.15, -0.1) is 0 Å². The van der Waals surface area contributed by atoms with Gasteiger partial charge in [0.1, 0.15) is 0 Å². The van der Waals surface area contributed by atoms with Gasteiger partial charge < -0.3 is 0 Å². The van der Waals surface area contributed by atoms with E-state index in [-0.39, 0.29) is 0 Å². The number of benzene rings is 2. The zero-order valence-electron chi connectivity index (χ0n) is 11.8. The Balaban J connectivity index is 2.09. The van der Waals surface area contributed by atoms with Gasteiger partial charge in [0.2, 0.25) is 0 Å². The Hall–Kier alpha value is -2.41. The molecule has 20 heavy (non-hydrogen) atoms. The molecule has 1 nitrogen and oxygen atoms in total. The van der Waals surface area contributed by atoms with Crippen molar-refractivity contribution in [2.45, 2.75) is 13.8 Å². The summed E-state index contributed by atoms with van der Waals surface area (Å²) >= 11 is 0. The summed E-state index contributed by atoms with van der Waals surface area (Å²) in [7, 11) is 0. The molecule has 2 aromatic carbocycles. The summed E-state index contributed by atoms with van der Waals surface area (Å²) < 4.78 is 0. The Morgan fingerprint density at radius 2 is 1.45 bits per heavy atom. The molecule has 0 radical (unpaired) electrons. The maximum atomic E-state index is 4.56.